The molecule has 0 saturated heterocycles. The van der Waals surface area contributed by atoms with Crippen LogP contribution in [0.15, 0.2) is 30.3 Å². The monoisotopic (exact) mass is 276 g/mol. The summed E-state index contributed by atoms with van der Waals surface area (Å²) in [6.07, 6.45) is -6.19. The molecule has 0 heterocycles. The summed E-state index contributed by atoms with van der Waals surface area (Å²) in [5.74, 6) is -2.29. The van der Waals surface area contributed by atoms with Gasteiger partial charge in [0.15, 0.2) is 0 Å². The topological polar surface area (TPSA) is 57.5 Å². The molecule has 1 rings (SSSR count). The number of carbonyl (C=O) groups is 1. The summed E-state index contributed by atoms with van der Waals surface area (Å²) >= 11 is 0. The zero-order valence-corrected chi connectivity index (χ0v) is 10.5. The van der Waals surface area contributed by atoms with Crippen LogP contribution >= 0.6 is 0 Å². The number of aliphatic carboxylic acids is 1. The Hall–Kier alpha value is -1.56. The Morgan fingerprint density at radius 3 is 2.00 bits per heavy atom. The van der Waals surface area contributed by atoms with Gasteiger partial charge in [-0.3, -0.25) is 0 Å². The molecule has 0 saturated carbocycles. The molecular weight excluding hydrogens is 261 g/mol. The first-order chi connectivity index (χ1) is 8.51. The van der Waals surface area contributed by atoms with Gasteiger partial charge in [-0.2, -0.15) is 13.2 Å². The maximum Gasteiger partial charge on any atom is 0.428 e. The lowest BCUT2D eigenvalue weighted by atomic mass is 9.75. The van der Waals surface area contributed by atoms with E-state index in [9.17, 15) is 23.1 Å². The molecule has 0 radical (unpaired) electrons. The number of carboxylic acid groups (broad SMARTS) is 1. The van der Waals surface area contributed by atoms with Crippen LogP contribution in [0.4, 0.5) is 13.2 Å². The number of aliphatic hydroxyl groups is 1. The lowest BCUT2D eigenvalue weighted by molar-refractivity contribution is -0.265. The van der Waals surface area contributed by atoms with E-state index in [1.165, 1.54) is 13.8 Å². The van der Waals surface area contributed by atoms with Crippen LogP contribution in [0.5, 0.6) is 0 Å². The highest BCUT2D eigenvalue weighted by Crippen LogP contribution is 2.41. The first-order valence-electron chi connectivity index (χ1n) is 5.59. The molecule has 19 heavy (non-hydrogen) atoms. The van der Waals surface area contributed by atoms with Gasteiger partial charge in [-0.25, -0.2) is 4.79 Å². The molecule has 1 aromatic carbocycles. The Kier molecular flexibility index (Phi) is 3.95. The van der Waals surface area contributed by atoms with Crippen LogP contribution in [0.3, 0.4) is 0 Å². The highest BCUT2D eigenvalue weighted by Gasteiger charge is 2.61. The first-order valence-corrected chi connectivity index (χ1v) is 5.59. The number of hydrogen-bond donors (Lipinski definition) is 2. The van der Waals surface area contributed by atoms with Crippen molar-refractivity contribution in [2.45, 2.75) is 37.5 Å². The third-order valence-electron chi connectivity index (χ3n) is 3.08. The lowest BCUT2D eigenvalue weighted by Gasteiger charge is -2.34. The smallest absolute Gasteiger partial charge is 0.428 e. The van der Waals surface area contributed by atoms with Crippen molar-refractivity contribution in [2.75, 3.05) is 0 Å². The molecule has 0 aromatic heterocycles. The van der Waals surface area contributed by atoms with E-state index in [4.69, 9.17) is 5.11 Å². The van der Waals surface area contributed by atoms with Crippen molar-refractivity contribution >= 4 is 5.97 Å². The van der Waals surface area contributed by atoms with Gasteiger partial charge in [0.25, 0.3) is 5.60 Å². The fourth-order valence-electron chi connectivity index (χ4n) is 1.93. The van der Waals surface area contributed by atoms with Gasteiger partial charge in [0.2, 0.25) is 0 Å². The molecule has 1 aromatic rings. The molecule has 0 fully saturated rings. The average molecular weight is 276 g/mol. The van der Waals surface area contributed by atoms with Gasteiger partial charge < -0.3 is 10.2 Å². The minimum absolute atomic E-state index is 0.527. The third-order valence-corrected chi connectivity index (χ3v) is 3.08. The minimum Gasteiger partial charge on any atom is -0.479 e. The third kappa shape index (κ3) is 3.07. The lowest BCUT2D eigenvalue weighted by Crippen LogP contribution is -2.55. The van der Waals surface area contributed by atoms with E-state index in [1.54, 1.807) is 30.3 Å². The number of carboxylic acids is 1. The summed E-state index contributed by atoms with van der Waals surface area (Å²) in [6.45, 7) is 2.92. The summed E-state index contributed by atoms with van der Waals surface area (Å²) in [4.78, 5) is 10.8. The fourth-order valence-corrected chi connectivity index (χ4v) is 1.93. The Balaban J connectivity index is 3.14. The summed E-state index contributed by atoms with van der Waals surface area (Å²) in [5.41, 5.74) is -4.37. The molecule has 0 aliphatic rings. The highest BCUT2D eigenvalue weighted by molar-refractivity contribution is 5.78. The number of benzene rings is 1. The Labute approximate surface area is 108 Å². The molecule has 2 N–H and O–H groups in total. The Morgan fingerprint density at radius 1 is 1.16 bits per heavy atom. The van der Waals surface area contributed by atoms with Gasteiger partial charge in [-0.05, 0) is 11.0 Å². The Bertz CT molecular complexity index is 454. The molecule has 0 bridgehead atoms. The van der Waals surface area contributed by atoms with E-state index in [-0.39, 0.29) is 0 Å². The van der Waals surface area contributed by atoms with Crippen molar-refractivity contribution in [2.24, 2.45) is 0 Å². The molecule has 1 atom stereocenters. The summed E-state index contributed by atoms with van der Waals surface area (Å²) < 4.78 is 38.3. The summed E-state index contributed by atoms with van der Waals surface area (Å²) in [6, 6.07) is 8.18. The van der Waals surface area contributed by atoms with Crippen molar-refractivity contribution in [3.05, 3.63) is 35.9 Å². The minimum atomic E-state index is -5.23. The van der Waals surface area contributed by atoms with E-state index in [1.807, 2.05) is 0 Å². The molecule has 0 aliphatic carbocycles. The fraction of sp³-hybridized carbons (Fsp3) is 0.462. The van der Waals surface area contributed by atoms with Gasteiger partial charge in [-0.15, -0.1) is 0 Å². The molecule has 6 heteroatoms. The maximum atomic E-state index is 12.8. The van der Waals surface area contributed by atoms with E-state index >= 15 is 0 Å². The number of rotatable bonds is 4. The van der Waals surface area contributed by atoms with Crippen LogP contribution in [0.1, 0.15) is 25.8 Å². The van der Waals surface area contributed by atoms with Crippen molar-refractivity contribution in [1.29, 1.82) is 0 Å². The molecule has 0 spiro atoms. The number of halogens is 3. The standard InChI is InChI=1S/C13H15F3O3/c1-11(2,9-6-4-3-5-7-9)8-12(19,10(17)18)13(14,15)16/h3-7,19H,8H2,1-2H3,(H,17,18). The first kappa shape index (κ1) is 15.5. The van der Waals surface area contributed by atoms with Crippen LogP contribution in [-0.4, -0.2) is 28.0 Å². The second-order valence-electron chi connectivity index (χ2n) is 5.09. The summed E-state index contributed by atoms with van der Waals surface area (Å²) in [5, 5.41) is 18.2. The normalized spacial score (nSPS) is 15.9. The van der Waals surface area contributed by atoms with Gasteiger partial charge in [0.1, 0.15) is 0 Å². The van der Waals surface area contributed by atoms with Crippen molar-refractivity contribution in [3.8, 4) is 0 Å². The molecule has 0 amide bonds. The zero-order chi connectivity index (χ0) is 14.9. The van der Waals surface area contributed by atoms with Gasteiger partial charge in [0, 0.05) is 6.42 Å². The largest absolute Gasteiger partial charge is 0.479 e. The predicted molar refractivity (Wildman–Crippen MR) is 62.7 cm³/mol. The van der Waals surface area contributed by atoms with Crippen LogP contribution in [-0.2, 0) is 10.2 Å². The number of hydrogen-bond acceptors (Lipinski definition) is 2. The van der Waals surface area contributed by atoms with Crippen molar-refractivity contribution in [3.63, 3.8) is 0 Å². The van der Waals surface area contributed by atoms with Gasteiger partial charge >= 0.3 is 12.1 Å². The second kappa shape index (κ2) is 4.85. The molecule has 3 nitrogen and oxygen atoms in total. The summed E-state index contributed by atoms with van der Waals surface area (Å²) in [7, 11) is 0. The second-order valence-corrected chi connectivity index (χ2v) is 5.09. The van der Waals surface area contributed by atoms with Crippen LogP contribution in [0.25, 0.3) is 0 Å². The van der Waals surface area contributed by atoms with E-state index in [2.05, 4.69) is 0 Å². The van der Waals surface area contributed by atoms with E-state index < -0.39 is 29.6 Å². The van der Waals surface area contributed by atoms with Gasteiger partial charge in [0.05, 0.1) is 0 Å². The zero-order valence-electron chi connectivity index (χ0n) is 10.5. The van der Waals surface area contributed by atoms with Crippen LogP contribution in [0.2, 0.25) is 0 Å². The molecule has 106 valence electrons. The van der Waals surface area contributed by atoms with Crippen LogP contribution < -0.4 is 0 Å². The Morgan fingerprint density at radius 2 is 1.63 bits per heavy atom. The van der Waals surface area contributed by atoms with Crippen molar-refractivity contribution in [1.82, 2.24) is 0 Å². The van der Waals surface area contributed by atoms with Gasteiger partial charge in [-0.1, -0.05) is 44.2 Å². The molecular formula is C13H15F3O3. The van der Waals surface area contributed by atoms with E-state index in [0.29, 0.717) is 5.56 Å². The molecule has 1 unspecified atom stereocenters. The highest BCUT2D eigenvalue weighted by atomic mass is 19.4. The van der Waals surface area contributed by atoms with E-state index in [0.717, 1.165) is 0 Å². The molecule has 0 aliphatic heterocycles. The SMILES string of the molecule is CC(C)(CC(O)(C(=O)O)C(F)(F)F)c1ccccc1. The quantitative estimate of drug-likeness (QED) is 0.889. The maximum absolute atomic E-state index is 12.8. The number of alkyl halides is 3. The average Bonchev–Trinajstić information content (AvgIpc) is 2.28. The predicted octanol–water partition coefficient (Wildman–Crippen LogP) is 2.73. The van der Waals surface area contributed by atoms with Crippen LogP contribution in [0, 0.1) is 0 Å². The van der Waals surface area contributed by atoms with Crippen molar-refractivity contribution < 1.29 is 28.2 Å².